The minimum absolute atomic E-state index is 0.0156. The number of nitrogens with zero attached hydrogens (tertiary/aromatic N) is 5. The predicted molar refractivity (Wildman–Crippen MR) is 281 cm³/mol. The zero-order valence-electron chi connectivity index (χ0n) is 40.5. The van der Waals surface area contributed by atoms with E-state index >= 15 is 0 Å². The van der Waals surface area contributed by atoms with Crippen LogP contribution in [0.3, 0.4) is 0 Å². The molecule has 0 radical (unpaired) electrons. The number of hydrogen-bond donors (Lipinski definition) is 1. The van der Waals surface area contributed by atoms with Gasteiger partial charge in [-0.2, -0.15) is 0 Å². The van der Waals surface area contributed by atoms with E-state index < -0.39 is 40.6 Å². The minimum atomic E-state index is -2.27. The first-order valence-corrected chi connectivity index (χ1v) is 28.4. The molecule has 3 aliphatic rings. The Labute approximate surface area is 422 Å². The Morgan fingerprint density at radius 3 is 1.93 bits per heavy atom. The molecule has 2 aromatic heterocycles. The van der Waals surface area contributed by atoms with Crippen molar-refractivity contribution in [3.8, 4) is 11.5 Å². The van der Waals surface area contributed by atoms with E-state index in [2.05, 4.69) is 119 Å². The average Bonchev–Trinajstić information content (AvgIpc) is 4.26. The van der Waals surface area contributed by atoms with Crippen molar-refractivity contribution in [3.05, 3.63) is 205 Å². The normalized spacial score (nSPS) is 21.2. The van der Waals surface area contributed by atoms with Crippen LogP contribution >= 0.6 is 8.53 Å². The molecule has 0 aliphatic carbocycles. The summed E-state index contributed by atoms with van der Waals surface area (Å²) in [6, 6.07) is 58.5. The van der Waals surface area contributed by atoms with Crippen molar-refractivity contribution in [3.63, 3.8) is 0 Å². The summed E-state index contributed by atoms with van der Waals surface area (Å²) in [4.78, 5) is 27.2. The number of carbonyl (C=O) groups excluding carboxylic acids is 1. The van der Waals surface area contributed by atoms with Crippen LogP contribution in [-0.2, 0) is 24.1 Å². The molecule has 1 N–H and O–H groups in total. The predicted octanol–water partition coefficient (Wildman–Crippen LogP) is 9.76. The van der Waals surface area contributed by atoms with E-state index in [1.165, 1.54) is 16.7 Å². The highest BCUT2D eigenvalue weighted by Crippen LogP contribution is 2.59. The monoisotopic (exact) mass is 996 g/mol. The van der Waals surface area contributed by atoms with Gasteiger partial charge in [0.05, 0.1) is 39.4 Å². The molecule has 0 unspecified atom stereocenters. The molecule has 3 aliphatic heterocycles. The van der Waals surface area contributed by atoms with Gasteiger partial charge in [-0.25, -0.2) is 19.6 Å². The highest BCUT2D eigenvalue weighted by Gasteiger charge is 2.52. The third-order valence-corrected chi connectivity index (χ3v) is 20.8. The topological polar surface area (TPSA) is 131 Å². The second-order valence-corrected chi connectivity index (χ2v) is 24.4. The first-order chi connectivity index (χ1) is 35.3. The summed E-state index contributed by atoms with van der Waals surface area (Å²) in [7, 11) is -0.427. The van der Waals surface area contributed by atoms with Gasteiger partial charge in [-0.15, -0.1) is 0 Å². The highest BCUT2D eigenvalue weighted by molar-refractivity contribution is 7.45. The number of ether oxygens (including phenoxy) is 4. The van der Waals surface area contributed by atoms with Crippen molar-refractivity contribution in [2.75, 3.05) is 32.7 Å². The van der Waals surface area contributed by atoms with Crippen molar-refractivity contribution in [2.24, 2.45) is 0 Å². The van der Waals surface area contributed by atoms with Crippen LogP contribution in [-0.4, -0.2) is 89.9 Å². The first kappa shape index (κ1) is 47.7. The van der Waals surface area contributed by atoms with Gasteiger partial charge in [0.25, 0.3) is 14.4 Å². The van der Waals surface area contributed by atoms with Crippen LogP contribution in [0, 0.1) is 0 Å². The lowest BCUT2D eigenvalue weighted by Gasteiger charge is -2.37. The molecule has 11 rings (SSSR count). The summed E-state index contributed by atoms with van der Waals surface area (Å²) in [5.41, 5.74) is 3.12. The van der Waals surface area contributed by atoms with Crippen LogP contribution in [0.1, 0.15) is 52.5 Å². The summed E-state index contributed by atoms with van der Waals surface area (Å²) in [6.45, 7) is 3.51. The number of fused-ring (bicyclic) bond motifs is 2. The summed E-state index contributed by atoms with van der Waals surface area (Å²) in [6.07, 6.45) is 4.08. The van der Waals surface area contributed by atoms with E-state index in [1.807, 2.05) is 65.2 Å². The SMILES string of the molecule is COc1ccc(C(OC[C@H]2O[C@@H](n3cnc4c(NC(=O)c5ccccc5)ncnc43)C[C@@H]2O[P@@]2O[C@@H](C[Si](C)(c3ccccc3)c3ccccc3)[C@H]3CCCN32)(c2ccccc2)c2ccc(OC)cc2)cc1. The number of benzene rings is 6. The minimum Gasteiger partial charge on any atom is -0.497 e. The molecule has 0 spiro atoms. The lowest BCUT2D eigenvalue weighted by molar-refractivity contribution is -0.0906. The second kappa shape index (κ2) is 20.9. The van der Waals surface area contributed by atoms with Gasteiger partial charge in [0.2, 0.25) is 0 Å². The molecule has 1 amide bonds. The fourth-order valence-corrected chi connectivity index (χ4v) is 16.7. The number of hydrogen-bond acceptors (Lipinski definition) is 11. The maximum absolute atomic E-state index is 13.3. The van der Waals surface area contributed by atoms with Crippen molar-refractivity contribution in [1.82, 2.24) is 24.2 Å². The molecule has 72 heavy (non-hydrogen) atoms. The molecule has 15 heteroatoms. The van der Waals surface area contributed by atoms with Crippen LogP contribution in [0.4, 0.5) is 5.82 Å². The van der Waals surface area contributed by atoms with Crippen LogP contribution < -0.4 is 25.2 Å². The lowest BCUT2D eigenvalue weighted by Crippen LogP contribution is -2.58. The van der Waals surface area contributed by atoms with Gasteiger partial charge >= 0.3 is 0 Å². The van der Waals surface area contributed by atoms with Gasteiger partial charge in [-0.1, -0.05) is 150 Å². The maximum Gasteiger partial charge on any atom is 0.259 e. The molecule has 13 nitrogen and oxygen atoms in total. The summed E-state index contributed by atoms with van der Waals surface area (Å²) >= 11 is 0. The van der Waals surface area contributed by atoms with Gasteiger partial charge in [-0.05, 0) is 72.0 Å². The molecule has 3 fully saturated rings. The number of amides is 1. The quantitative estimate of drug-likeness (QED) is 0.0532. The number of rotatable bonds is 17. The van der Waals surface area contributed by atoms with E-state index in [4.69, 9.17) is 38.0 Å². The molecule has 366 valence electrons. The maximum atomic E-state index is 13.3. The van der Waals surface area contributed by atoms with Crippen molar-refractivity contribution in [1.29, 1.82) is 0 Å². The van der Waals surface area contributed by atoms with E-state index in [-0.39, 0.29) is 24.7 Å². The van der Waals surface area contributed by atoms with E-state index in [9.17, 15) is 4.79 Å². The molecular formula is C57H57N6O7PSi. The summed E-state index contributed by atoms with van der Waals surface area (Å²) < 4.78 is 45.0. The highest BCUT2D eigenvalue weighted by atomic mass is 31.2. The van der Waals surface area contributed by atoms with E-state index in [1.54, 1.807) is 32.7 Å². The molecule has 0 saturated carbocycles. The zero-order valence-corrected chi connectivity index (χ0v) is 42.4. The number of aromatic nitrogens is 4. The molecule has 6 atom stereocenters. The Balaban J connectivity index is 0.946. The molecule has 5 heterocycles. The van der Waals surface area contributed by atoms with Crippen molar-refractivity contribution < 1.29 is 32.8 Å². The third-order valence-electron chi connectivity index (χ3n) is 14.5. The summed E-state index contributed by atoms with van der Waals surface area (Å²) in [5, 5.41) is 5.73. The van der Waals surface area contributed by atoms with Gasteiger partial charge in [-0.3, -0.25) is 9.36 Å². The summed E-state index contributed by atoms with van der Waals surface area (Å²) in [5.74, 6) is 1.48. The van der Waals surface area contributed by atoms with Gasteiger partial charge in [0.1, 0.15) is 43.8 Å². The molecular weight excluding hydrogens is 940 g/mol. The number of carbonyl (C=O) groups is 1. The fraction of sp³-hybridized carbons (Fsp3) is 0.263. The Kier molecular flexibility index (Phi) is 13.8. The third kappa shape index (κ3) is 9.24. The van der Waals surface area contributed by atoms with Crippen LogP contribution in [0.25, 0.3) is 11.2 Å². The zero-order chi connectivity index (χ0) is 49.1. The number of anilines is 1. The number of imidazole rings is 1. The largest absolute Gasteiger partial charge is 0.497 e. The molecule has 0 bridgehead atoms. The van der Waals surface area contributed by atoms with Crippen molar-refractivity contribution in [2.45, 2.75) is 68.0 Å². The van der Waals surface area contributed by atoms with Gasteiger partial charge in [0.15, 0.2) is 17.0 Å². The Hall–Kier alpha value is -6.61. The lowest BCUT2D eigenvalue weighted by atomic mass is 9.80. The Morgan fingerprint density at radius 1 is 0.736 bits per heavy atom. The Morgan fingerprint density at radius 2 is 1.32 bits per heavy atom. The second-order valence-electron chi connectivity index (χ2n) is 18.7. The molecule has 8 aromatic rings. The van der Waals surface area contributed by atoms with Gasteiger partial charge < -0.3 is 33.3 Å². The Bertz CT molecular complexity index is 3000. The van der Waals surface area contributed by atoms with Crippen molar-refractivity contribution >= 4 is 49.9 Å². The smallest absolute Gasteiger partial charge is 0.259 e. The number of nitrogens with one attached hydrogen (secondary N) is 1. The van der Waals surface area contributed by atoms with E-state index in [0.717, 1.165) is 53.6 Å². The molecule has 3 saturated heterocycles. The van der Waals surface area contributed by atoms with Crippen LogP contribution in [0.5, 0.6) is 11.5 Å². The van der Waals surface area contributed by atoms with Gasteiger partial charge in [0, 0.05) is 24.6 Å². The standard InChI is InChI=1S/C57H57N6O7PSi/c1-65-44-30-26-42(27-31-44)57(41-19-10-5-11-20-41,43-28-32-45(66-2)33-29-43)67-36-50-49(35-52(68-50)62-39-60-53-54(58-38-59-55(53)62)61-56(64)40-17-8-4-9-18-40)69-71-63-34-16-25-48(63)51(70-71)37-72(3,46-21-12-6-13-22-46)47-23-14-7-15-24-47/h4-15,17-24,26-33,38-39,48-52H,16,25,34-37H2,1-3H3,(H,58,59,61,64)/t48-,49+,50-,51+,52-,71+/m1/s1. The average molecular weight is 997 g/mol. The fourth-order valence-electron chi connectivity index (χ4n) is 10.7. The van der Waals surface area contributed by atoms with E-state index in [0.29, 0.717) is 29.0 Å². The van der Waals surface area contributed by atoms with Crippen LogP contribution in [0.15, 0.2) is 183 Å². The molecule has 6 aromatic carbocycles. The van der Waals surface area contributed by atoms with Crippen LogP contribution in [0.2, 0.25) is 12.6 Å². The first-order valence-electron chi connectivity index (χ1n) is 24.5. The number of methoxy groups -OCH3 is 2.